The van der Waals surface area contributed by atoms with E-state index in [0.717, 1.165) is 26.2 Å². The average molecular weight is 596 g/mol. The highest BCUT2D eigenvalue weighted by Gasteiger charge is 2.29. The van der Waals surface area contributed by atoms with Crippen LogP contribution in [0.2, 0.25) is 0 Å². The van der Waals surface area contributed by atoms with Crippen LogP contribution in [0.5, 0.6) is 5.75 Å². The standard InChI is InChI=1S/C31H29FN10O2/c1-35-31-27-20(24(15-34)39-40-25(27)17-43)13-23(38-31)22-16-37-41(2)30(22)28-21(14-33)26(44-19-5-6-19)12-18(29(28)32)4-3-9-42-10-7-36-8-11-42/h5,12-13,16,36,40H,6-11,15,34H2,1-2H3,(H,35,38)/i1D3. The van der Waals surface area contributed by atoms with Crippen molar-refractivity contribution in [1.82, 2.24) is 30.4 Å². The molecule has 1 aromatic carbocycles. The van der Waals surface area contributed by atoms with Crippen molar-refractivity contribution in [1.29, 1.82) is 5.26 Å². The molecule has 1 saturated heterocycles. The molecule has 0 atom stereocenters. The minimum atomic E-state index is -2.70. The Bertz CT molecular complexity index is 1990. The van der Waals surface area contributed by atoms with E-state index in [1.165, 1.54) is 16.9 Å². The molecule has 0 saturated carbocycles. The maximum Gasteiger partial charge on any atom is 0.152 e. The molecule has 0 amide bonds. The second kappa shape index (κ2) is 12.1. The fourth-order valence-corrected chi connectivity index (χ4v) is 5.17. The molecular weight excluding hydrogens is 563 g/mol. The number of nitrogens with two attached hydrogens (primary N) is 1. The van der Waals surface area contributed by atoms with Gasteiger partial charge in [-0.3, -0.25) is 15.0 Å². The first kappa shape index (κ1) is 25.2. The number of allylic oxidation sites excluding steroid dienone is 2. The van der Waals surface area contributed by atoms with E-state index in [1.807, 2.05) is 6.08 Å². The number of halogens is 1. The fourth-order valence-electron chi connectivity index (χ4n) is 5.17. The average Bonchev–Trinajstić information content (AvgIpc) is 3.79. The number of anilines is 1. The van der Waals surface area contributed by atoms with Crippen molar-refractivity contribution in [3.8, 4) is 46.2 Å². The number of carbonyl (C=O) groups excluding carboxylic acids is 1. The van der Waals surface area contributed by atoms with Crippen molar-refractivity contribution >= 4 is 23.2 Å². The van der Waals surface area contributed by atoms with E-state index in [2.05, 4.69) is 54.1 Å². The van der Waals surface area contributed by atoms with Crippen LogP contribution in [0.3, 0.4) is 0 Å². The highest BCUT2D eigenvalue weighted by molar-refractivity contribution is 6.12. The number of aryl methyl sites for hydroxylation is 1. The van der Waals surface area contributed by atoms with E-state index >= 15 is 4.39 Å². The van der Waals surface area contributed by atoms with Crippen molar-refractivity contribution < 1.29 is 18.0 Å². The second-order valence-electron chi connectivity index (χ2n) is 10.2. The van der Waals surface area contributed by atoms with Gasteiger partial charge < -0.3 is 21.1 Å². The number of nitriles is 1. The first-order chi connectivity index (χ1) is 22.6. The minimum Gasteiger partial charge on any atom is -0.460 e. The highest BCUT2D eigenvalue weighted by Crippen LogP contribution is 2.42. The Morgan fingerprint density at radius 3 is 2.80 bits per heavy atom. The molecule has 1 aliphatic carbocycles. The summed E-state index contributed by atoms with van der Waals surface area (Å²) in [7, 11) is 1.58. The van der Waals surface area contributed by atoms with Crippen LogP contribution in [-0.4, -0.2) is 77.6 Å². The van der Waals surface area contributed by atoms with Gasteiger partial charge in [-0.15, -0.1) is 0 Å². The van der Waals surface area contributed by atoms with E-state index in [9.17, 15) is 10.1 Å². The number of benzene rings is 1. The SMILES string of the molecule is [2H]C([2H])([2H])Nc1nc(-c2cnn(C)c2-c2c(F)c(C#CCN3CCNCC3)cc(OC3=CC3)c2C#N)cc2c1C(=C=O)NN=C2CN. The molecule has 222 valence electrons. The van der Waals surface area contributed by atoms with Crippen LogP contribution in [0.4, 0.5) is 10.2 Å². The maximum absolute atomic E-state index is 16.7. The summed E-state index contributed by atoms with van der Waals surface area (Å²) in [6.07, 6.45) is 3.86. The molecule has 0 bridgehead atoms. The molecule has 0 spiro atoms. The zero-order chi connectivity index (χ0) is 33.3. The second-order valence-corrected chi connectivity index (χ2v) is 10.2. The highest BCUT2D eigenvalue weighted by atomic mass is 19.1. The number of nitrogens with zero attached hydrogens (tertiary/aromatic N) is 6. The predicted molar refractivity (Wildman–Crippen MR) is 163 cm³/mol. The Hall–Kier alpha value is -5.30. The number of nitrogens with one attached hydrogen (secondary N) is 3. The van der Waals surface area contributed by atoms with Crippen molar-refractivity contribution in [2.75, 3.05) is 51.6 Å². The number of fused-ring (bicyclic) bond motifs is 1. The summed E-state index contributed by atoms with van der Waals surface area (Å²) in [6, 6.07) is 5.08. The molecule has 5 N–H and O–H groups in total. The molecule has 4 heterocycles. The molecule has 0 radical (unpaired) electrons. The summed E-state index contributed by atoms with van der Waals surface area (Å²) in [6.45, 7) is 0.987. The van der Waals surface area contributed by atoms with E-state index in [-0.39, 0.29) is 63.0 Å². The number of piperazine rings is 1. The molecule has 2 aliphatic heterocycles. The number of hydrogen-bond acceptors (Lipinski definition) is 11. The van der Waals surface area contributed by atoms with Crippen LogP contribution in [0.15, 0.2) is 35.3 Å². The molecule has 12 nitrogen and oxygen atoms in total. The first-order valence-corrected chi connectivity index (χ1v) is 13.8. The third-order valence-corrected chi connectivity index (χ3v) is 7.44. The van der Waals surface area contributed by atoms with Crippen LogP contribution in [0.1, 0.15) is 32.8 Å². The van der Waals surface area contributed by atoms with Gasteiger partial charge in [0, 0.05) is 74.5 Å². The molecule has 0 unspecified atom stereocenters. The first-order valence-electron chi connectivity index (χ1n) is 15.3. The van der Waals surface area contributed by atoms with E-state index in [4.69, 9.17) is 14.6 Å². The van der Waals surface area contributed by atoms with Crippen LogP contribution in [0.25, 0.3) is 28.2 Å². The van der Waals surface area contributed by atoms with Gasteiger partial charge in [0.15, 0.2) is 11.6 Å². The van der Waals surface area contributed by atoms with Gasteiger partial charge >= 0.3 is 0 Å². The Labute approximate surface area is 257 Å². The summed E-state index contributed by atoms with van der Waals surface area (Å²) in [4.78, 5) is 18.5. The van der Waals surface area contributed by atoms with Gasteiger partial charge in [0.1, 0.15) is 34.8 Å². The monoisotopic (exact) mass is 595 g/mol. The van der Waals surface area contributed by atoms with Crippen molar-refractivity contribution in [3.63, 3.8) is 0 Å². The molecule has 13 heteroatoms. The van der Waals surface area contributed by atoms with Crippen LogP contribution >= 0.6 is 0 Å². The van der Waals surface area contributed by atoms with Gasteiger partial charge in [0.2, 0.25) is 0 Å². The molecule has 3 aromatic rings. The van der Waals surface area contributed by atoms with Crippen molar-refractivity contribution in [2.45, 2.75) is 6.42 Å². The van der Waals surface area contributed by atoms with Gasteiger partial charge in [-0.05, 0) is 12.1 Å². The summed E-state index contributed by atoms with van der Waals surface area (Å²) in [5.74, 6) is 7.56. The summed E-state index contributed by atoms with van der Waals surface area (Å²) >= 11 is 0. The quantitative estimate of drug-likeness (QED) is 0.233. The summed E-state index contributed by atoms with van der Waals surface area (Å²) in [5.41, 5.74) is 9.50. The summed E-state index contributed by atoms with van der Waals surface area (Å²) < 4.78 is 47.5. The zero-order valence-electron chi connectivity index (χ0n) is 26.7. The number of ether oxygens (including phenoxy) is 1. The topological polar surface area (TPSA) is 159 Å². The third kappa shape index (κ3) is 5.33. The lowest BCUT2D eigenvalue weighted by atomic mass is 9.94. The Kier molecular flexibility index (Phi) is 6.95. The number of pyridine rings is 1. The van der Waals surface area contributed by atoms with Crippen LogP contribution < -0.4 is 26.5 Å². The van der Waals surface area contributed by atoms with E-state index < -0.39 is 12.8 Å². The van der Waals surface area contributed by atoms with E-state index in [1.54, 1.807) is 19.1 Å². The van der Waals surface area contributed by atoms with Crippen LogP contribution in [-0.2, 0) is 11.8 Å². The maximum atomic E-state index is 16.7. The predicted octanol–water partition coefficient (Wildman–Crippen LogP) is 1.56. The molecule has 3 aliphatic rings. The van der Waals surface area contributed by atoms with Crippen molar-refractivity contribution in [3.05, 3.63) is 58.2 Å². The molecular formula is C31H29FN10O2. The lowest BCUT2D eigenvalue weighted by Crippen LogP contribution is -2.43. The normalized spacial score (nSPS) is 16.8. The Morgan fingerprint density at radius 2 is 2.09 bits per heavy atom. The molecule has 1 fully saturated rings. The third-order valence-electron chi connectivity index (χ3n) is 7.44. The van der Waals surface area contributed by atoms with Crippen molar-refractivity contribution in [2.24, 2.45) is 17.9 Å². The zero-order valence-corrected chi connectivity index (χ0v) is 23.7. The number of hydrogen-bond donors (Lipinski definition) is 4. The smallest absolute Gasteiger partial charge is 0.152 e. The van der Waals surface area contributed by atoms with Gasteiger partial charge in [0.05, 0.1) is 46.5 Å². The molecule has 6 rings (SSSR count). The van der Waals surface area contributed by atoms with Gasteiger partial charge in [0.25, 0.3) is 0 Å². The molecule has 44 heavy (non-hydrogen) atoms. The fraction of sp³-hybridized carbons (Fsp3) is 0.290. The largest absolute Gasteiger partial charge is 0.460 e. The molecule has 2 aromatic heterocycles. The number of aromatic nitrogens is 3. The lowest BCUT2D eigenvalue weighted by molar-refractivity contribution is 0.268. The van der Waals surface area contributed by atoms with Gasteiger partial charge in [-0.2, -0.15) is 15.5 Å². The van der Waals surface area contributed by atoms with Gasteiger partial charge in [-0.1, -0.05) is 11.8 Å². The minimum absolute atomic E-state index is 0.0325. The lowest BCUT2D eigenvalue weighted by Gasteiger charge is -2.24. The van der Waals surface area contributed by atoms with Gasteiger partial charge in [-0.25, -0.2) is 14.2 Å². The van der Waals surface area contributed by atoms with E-state index in [0.29, 0.717) is 30.0 Å². The number of rotatable bonds is 7. The van der Waals surface area contributed by atoms with Crippen LogP contribution in [0, 0.1) is 29.0 Å². The Morgan fingerprint density at radius 1 is 1.27 bits per heavy atom. The Balaban J connectivity index is 1.55. The summed E-state index contributed by atoms with van der Waals surface area (Å²) in [5, 5.41) is 24.5. The number of hydrazone groups is 1.